The van der Waals surface area contributed by atoms with Crippen LogP contribution in [0.3, 0.4) is 0 Å². The van der Waals surface area contributed by atoms with Gasteiger partial charge in [-0.25, -0.2) is 0 Å². The monoisotopic (exact) mass is 779 g/mol. The number of carboxylic acids is 1. The van der Waals surface area contributed by atoms with Gasteiger partial charge in [0.25, 0.3) is 0 Å². The van der Waals surface area contributed by atoms with Crippen LogP contribution in [0.5, 0.6) is 0 Å². The summed E-state index contributed by atoms with van der Waals surface area (Å²) < 4.78 is 12.5. The van der Waals surface area contributed by atoms with E-state index in [2.05, 4.69) is 53.8 Å². The summed E-state index contributed by atoms with van der Waals surface area (Å²) in [6, 6.07) is 7.77. The van der Waals surface area contributed by atoms with Crippen molar-refractivity contribution in [1.82, 2.24) is 5.32 Å². The molecule has 0 spiro atoms. The van der Waals surface area contributed by atoms with Gasteiger partial charge in [0.15, 0.2) is 5.78 Å². The maximum Gasteiger partial charge on any atom is 0.309 e. The quantitative estimate of drug-likeness (QED) is 0.213. The number of carbonyl (C=O) groups is 4. The summed E-state index contributed by atoms with van der Waals surface area (Å²) in [5.74, 6) is -0.454. The summed E-state index contributed by atoms with van der Waals surface area (Å²) in [4.78, 5) is 52.0. The van der Waals surface area contributed by atoms with Crippen LogP contribution >= 0.6 is 11.6 Å². The molecule has 0 amide bonds. The summed E-state index contributed by atoms with van der Waals surface area (Å²) in [6.07, 6.45) is 7.12. The van der Waals surface area contributed by atoms with E-state index in [9.17, 15) is 24.3 Å². The molecule has 0 aliphatic heterocycles. The maximum absolute atomic E-state index is 14.3. The van der Waals surface area contributed by atoms with Crippen LogP contribution in [0.4, 0.5) is 0 Å². The van der Waals surface area contributed by atoms with Crippen molar-refractivity contribution in [2.45, 2.75) is 152 Å². The van der Waals surface area contributed by atoms with Crippen LogP contribution in [0.1, 0.15) is 139 Å². The molecule has 4 saturated carbocycles. The number of halogens is 1. The van der Waals surface area contributed by atoms with E-state index < -0.39 is 28.9 Å². The van der Waals surface area contributed by atoms with Crippen LogP contribution in [0, 0.1) is 56.2 Å². The van der Waals surface area contributed by atoms with E-state index in [1.165, 1.54) is 12.5 Å². The Morgan fingerprint density at radius 3 is 2.31 bits per heavy atom. The van der Waals surface area contributed by atoms with Crippen molar-refractivity contribution in [2.24, 2.45) is 56.2 Å². The second kappa shape index (κ2) is 14.6. The molecule has 8 nitrogen and oxygen atoms in total. The molecule has 5 aliphatic carbocycles. The number of ether oxygens (including phenoxy) is 2. The smallest absolute Gasteiger partial charge is 0.309 e. The summed E-state index contributed by atoms with van der Waals surface area (Å²) >= 11 is 6.29. The lowest BCUT2D eigenvalue weighted by atomic mass is 9.33. The number of Topliss-reactive ketones (excluding diaryl/α,β-unsaturated/α-hetero) is 1. The number of rotatable bonds is 11. The van der Waals surface area contributed by atoms with Gasteiger partial charge < -0.3 is 19.9 Å². The fourth-order valence-corrected chi connectivity index (χ4v) is 13.7. The lowest BCUT2D eigenvalue weighted by Crippen LogP contribution is -2.66. The average Bonchev–Trinajstić information content (AvgIpc) is 3.38. The van der Waals surface area contributed by atoms with Gasteiger partial charge in [0.1, 0.15) is 12.2 Å². The van der Waals surface area contributed by atoms with Gasteiger partial charge in [0, 0.05) is 42.3 Å². The minimum atomic E-state index is -1.18. The van der Waals surface area contributed by atoms with Crippen molar-refractivity contribution in [2.75, 3.05) is 6.54 Å². The van der Waals surface area contributed by atoms with Gasteiger partial charge in [-0.05, 0) is 134 Å². The Labute approximate surface area is 334 Å². The zero-order valence-corrected chi connectivity index (χ0v) is 35.8. The summed E-state index contributed by atoms with van der Waals surface area (Å²) in [5.41, 5.74) is 1.31. The van der Waals surface area contributed by atoms with Crippen LogP contribution in [-0.4, -0.2) is 47.6 Å². The average molecular weight is 780 g/mol. The largest absolute Gasteiger partial charge is 0.481 e. The molecule has 6 rings (SSSR count). The predicted octanol–water partition coefficient (Wildman–Crippen LogP) is 9.75. The number of hydrogen-bond donors (Lipinski definition) is 2. The molecule has 0 saturated heterocycles. The zero-order valence-electron chi connectivity index (χ0n) is 35.0. The van der Waals surface area contributed by atoms with Crippen LogP contribution in [-0.2, 0) is 35.2 Å². The molecule has 55 heavy (non-hydrogen) atoms. The van der Waals surface area contributed by atoms with Gasteiger partial charge >= 0.3 is 17.9 Å². The highest BCUT2D eigenvalue weighted by Gasteiger charge is 2.71. The first-order valence-electron chi connectivity index (χ1n) is 20.9. The number of fused-ring (bicyclic) bond motifs is 7. The third-order valence-electron chi connectivity index (χ3n) is 16.3. The van der Waals surface area contributed by atoms with Gasteiger partial charge in [-0.2, -0.15) is 0 Å². The molecule has 0 aromatic heterocycles. The third-order valence-corrected chi connectivity index (χ3v) is 16.6. The predicted molar refractivity (Wildman–Crippen MR) is 214 cm³/mol. The highest BCUT2D eigenvalue weighted by molar-refractivity contribution is 6.30. The number of aliphatic carboxylic acids is 1. The normalized spacial score (nSPS) is 36.0. The molecule has 4 fully saturated rings. The molecule has 2 N–H and O–H groups in total. The number of esters is 2. The maximum atomic E-state index is 14.3. The van der Waals surface area contributed by atoms with Gasteiger partial charge in [0.2, 0.25) is 0 Å². The summed E-state index contributed by atoms with van der Waals surface area (Å²) in [6.45, 7) is 22.1. The molecule has 1 aromatic rings. The van der Waals surface area contributed by atoms with Crippen molar-refractivity contribution >= 4 is 35.3 Å². The second-order valence-electron chi connectivity index (χ2n) is 20.4. The topological polar surface area (TPSA) is 119 Å². The van der Waals surface area contributed by atoms with Gasteiger partial charge in [-0.15, -0.1) is 0 Å². The molecule has 304 valence electrons. The molecule has 0 bridgehead atoms. The van der Waals surface area contributed by atoms with Crippen molar-refractivity contribution in [1.29, 1.82) is 0 Å². The molecular formula is C46H66ClNO7. The van der Waals surface area contributed by atoms with Crippen LogP contribution in [0.15, 0.2) is 35.4 Å². The molecule has 5 aliphatic rings. The van der Waals surface area contributed by atoms with E-state index in [1.807, 2.05) is 24.3 Å². The van der Waals surface area contributed by atoms with Crippen molar-refractivity contribution < 1.29 is 33.8 Å². The van der Waals surface area contributed by atoms with Crippen LogP contribution in [0.25, 0.3) is 0 Å². The van der Waals surface area contributed by atoms with E-state index in [-0.39, 0.29) is 57.8 Å². The van der Waals surface area contributed by atoms with Crippen LogP contribution in [0.2, 0.25) is 5.02 Å². The third kappa shape index (κ3) is 6.91. The van der Waals surface area contributed by atoms with Crippen molar-refractivity contribution in [3.05, 3.63) is 46.0 Å². The second-order valence-corrected chi connectivity index (χ2v) is 20.9. The zero-order chi connectivity index (χ0) is 40.5. The van der Waals surface area contributed by atoms with E-state index >= 15 is 0 Å². The van der Waals surface area contributed by atoms with Crippen molar-refractivity contribution in [3.8, 4) is 0 Å². The molecular weight excluding hydrogens is 714 g/mol. The molecule has 9 heteroatoms. The molecule has 1 unspecified atom stereocenters. The highest BCUT2D eigenvalue weighted by atomic mass is 35.5. The summed E-state index contributed by atoms with van der Waals surface area (Å²) in [7, 11) is 0. The first-order valence-corrected chi connectivity index (χ1v) is 21.2. The molecule has 0 heterocycles. The van der Waals surface area contributed by atoms with E-state index in [0.29, 0.717) is 36.4 Å². The first-order chi connectivity index (χ1) is 25.5. The number of nitrogens with one attached hydrogen (secondary N) is 1. The Balaban J connectivity index is 1.30. The lowest BCUT2D eigenvalue weighted by Gasteiger charge is -2.72. The number of benzene rings is 1. The van der Waals surface area contributed by atoms with Crippen LogP contribution < -0.4 is 5.32 Å². The lowest BCUT2D eigenvalue weighted by molar-refractivity contribution is -0.235. The van der Waals surface area contributed by atoms with Crippen molar-refractivity contribution in [3.63, 3.8) is 0 Å². The number of allylic oxidation sites excluding steroid dienone is 1. The van der Waals surface area contributed by atoms with Gasteiger partial charge in [-0.3, -0.25) is 19.2 Å². The van der Waals surface area contributed by atoms with Gasteiger partial charge in [-0.1, -0.05) is 72.2 Å². The minimum absolute atomic E-state index is 0.0148. The molecule has 1 aromatic carbocycles. The Morgan fingerprint density at radius 2 is 1.67 bits per heavy atom. The number of carboxylic acid groups (broad SMARTS) is 1. The SMILES string of the molecule is CC(=O)O[C@H](CNCc1cccc(Cl)c1)[C@@]12CC[C@]3(C)[C@H](CC[C@@H]4[C@@]5(C)CC[C@H](OC(=O)CC(C)(C)C(=O)O)C(C)(C)C5CC[C@]43C)C1=C(C(C)C)C(=O)C2. The molecule has 0 radical (unpaired) electrons. The molecule has 9 atom stereocenters. The van der Waals surface area contributed by atoms with E-state index in [1.54, 1.807) is 13.8 Å². The Kier molecular flexibility index (Phi) is 11.1. The number of carbonyl (C=O) groups excluding carboxylic acids is 3. The van der Waals surface area contributed by atoms with E-state index in [4.69, 9.17) is 21.1 Å². The van der Waals surface area contributed by atoms with Gasteiger partial charge in [0.05, 0.1) is 11.8 Å². The Hall–Kier alpha value is -2.71. The first kappa shape index (κ1) is 41.9. The number of hydrogen-bond acceptors (Lipinski definition) is 7. The Morgan fingerprint density at radius 1 is 0.964 bits per heavy atom. The van der Waals surface area contributed by atoms with E-state index in [0.717, 1.165) is 62.5 Å². The minimum Gasteiger partial charge on any atom is -0.481 e. The number of ketones is 1. The summed E-state index contributed by atoms with van der Waals surface area (Å²) in [5, 5.41) is 13.9. The highest BCUT2D eigenvalue weighted by Crippen LogP contribution is 2.77. The fraction of sp³-hybridized carbons (Fsp3) is 0.739. The standard InChI is InChI=1S/C46H66ClNO7/c1-27(2)38-32(50)23-46(36(54-28(3)49)26-48-25-29-12-11-13-30(47)22-29)21-20-44(9)31(39(38)46)14-15-34-43(8)18-17-35(55-37(51)24-41(4,5)40(52)53)42(6,7)33(43)16-19-45(34,44)10/h11-13,22,27,31,33-36,48H,14-21,23-26H2,1-10H3,(H,52,53)/t31-,33?,34-,35+,36-,43+,44-,45-,46+/m1/s1. The Bertz CT molecular complexity index is 1750. The fourth-order valence-electron chi connectivity index (χ4n) is 13.4.